The van der Waals surface area contributed by atoms with Gasteiger partial charge in [0.25, 0.3) is 0 Å². The van der Waals surface area contributed by atoms with E-state index in [9.17, 15) is 14.0 Å². The Morgan fingerprint density at radius 3 is 2.67 bits per heavy atom. The molecule has 1 aliphatic heterocycles. The minimum absolute atomic E-state index is 0.00831. The number of methoxy groups -OCH3 is 3. The van der Waals surface area contributed by atoms with Gasteiger partial charge in [-0.05, 0) is 30.2 Å². The smallest absolute Gasteiger partial charge is 0.354 e. The molecule has 1 aromatic rings. The van der Waals surface area contributed by atoms with E-state index < -0.39 is 11.9 Å². The highest BCUT2D eigenvalue weighted by Gasteiger charge is 2.30. The highest BCUT2D eigenvalue weighted by molar-refractivity contribution is 5.99. The van der Waals surface area contributed by atoms with Crippen LogP contribution in [-0.2, 0) is 23.8 Å². The molecule has 2 rings (SSSR count). The van der Waals surface area contributed by atoms with Gasteiger partial charge in [-0.25, -0.2) is 14.0 Å². The molecule has 7 heteroatoms. The molecule has 1 heterocycles. The van der Waals surface area contributed by atoms with Crippen molar-refractivity contribution in [2.75, 3.05) is 39.4 Å². The Bertz CT molecular complexity index is 658. The van der Waals surface area contributed by atoms with Crippen LogP contribution in [0.25, 0.3) is 0 Å². The Labute approximate surface area is 139 Å². The number of benzene rings is 1. The number of rotatable bonds is 5. The normalized spacial score (nSPS) is 17.2. The van der Waals surface area contributed by atoms with Gasteiger partial charge in [0.15, 0.2) is 0 Å². The predicted octanol–water partition coefficient (Wildman–Crippen LogP) is 2.00. The summed E-state index contributed by atoms with van der Waals surface area (Å²) >= 11 is 0. The monoisotopic (exact) mass is 337 g/mol. The summed E-state index contributed by atoms with van der Waals surface area (Å²) in [6.07, 6.45) is 1.72. The van der Waals surface area contributed by atoms with Gasteiger partial charge in [0.05, 0.1) is 26.9 Å². The van der Waals surface area contributed by atoms with E-state index >= 15 is 0 Å². The van der Waals surface area contributed by atoms with E-state index in [0.717, 1.165) is 11.6 Å². The topological polar surface area (TPSA) is 65.1 Å². The molecule has 0 saturated heterocycles. The molecule has 130 valence electrons. The fourth-order valence-corrected chi connectivity index (χ4v) is 2.81. The third kappa shape index (κ3) is 3.73. The number of carbonyl (C=O) groups is 2. The fourth-order valence-electron chi connectivity index (χ4n) is 2.81. The van der Waals surface area contributed by atoms with E-state index in [1.807, 2.05) is 0 Å². The van der Waals surface area contributed by atoms with E-state index in [1.165, 1.54) is 26.4 Å². The third-order valence-corrected chi connectivity index (χ3v) is 3.93. The van der Waals surface area contributed by atoms with Crippen molar-refractivity contribution in [3.05, 3.63) is 41.4 Å². The average Bonchev–Trinajstić information content (AvgIpc) is 2.59. The first-order valence-corrected chi connectivity index (χ1v) is 7.45. The molecule has 0 aromatic heterocycles. The molecule has 6 nitrogen and oxygen atoms in total. The molecule has 24 heavy (non-hydrogen) atoms. The first kappa shape index (κ1) is 17.9. The molecule has 0 aliphatic carbocycles. The Balaban J connectivity index is 2.49. The van der Waals surface area contributed by atoms with Crippen LogP contribution in [0.3, 0.4) is 0 Å². The Morgan fingerprint density at radius 1 is 1.29 bits per heavy atom. The highest BCUT2D eigenvalue weighted by atomic mass is 19.1. The summed E-state index contributed by atoms with van der Waals surface area (Å²) in [5, 5.41) is 0. The van der Waals surface area contributed by atoms with Gasteiger partial charge in [0.2, 0.25) is 0 Å². The van der Waals surface area contributed by atoms with Crippen molar-refractivity contribution in [1.82, 2.24) is 0 Å². The zero-order valence-corrected chi connectivity index (χ0v) is 13.9. The van der Waals surface area contributed by atoms with Crippen molar-refractivity contribution in [1.29, 1.82) is 0 Å². The molecule has 0 fully saturated rings. The van der Waals surface area contributed by atoms with Crippen LogP contribution < -0.4 is 4.90 Å². The molecular formula is C17H20FNO5. The van der Waals surface area contributed by atoms with Gasteiger partial charge in [-0.1, -0.05) is 0 Å². The number of nitrogens with zero attached hydrogens (tertiary/aromatic N) is 1. The first-order valence-electron chi connectivity index (χ1n) is 7.45. The van der Waals surface area contributed by atoms with Crippen LogP contribution in [0.4, 0.5) is 10.1 Å². The Morgan fingerprint density at radius 2 is 2.04 bits per heavy atom. The maximum absolute atomic E-state index is 13.7. The molecule has 0 radical (unpaired) electrons. The van der Waals surface area contributed by atoms with Crippen LogP contribution in [0, 0.1) is 5.82 Å². The van der Waals surface area contributed by atoms with Gasteiger partial charge in [0, 0.05) is 25.3 Å². The van der Waals surface area contributed by atoms with Gasteiger partial charge < -0.3 is 19.1 Å². The molecule has 0 saturated carbocycles. The zero-order valence-electron chi connectivity index (χ0n) is 13.9. The fraction of sp³-hybridized carbons (Fsp3) is 0.412. The third-order valence-electron chi connectivity index (χ3n) is 3.93. The van der Waals surface area contributed by atoms with E-state index in [0.29, 0.717) is 25.3 Å². The quantitative estimate of drug-likeness (QED) is 0.605. The number of anilines is 1. The molecule has 1 atom stereocenters. The number of esters is 2. The van der Waals surface area contributed by atoms with Crippen LogP contribution in [0.1, 0.15) is 17.9 Å². The lowest BCUT2D eigenvalue weighted by Crippen LogP contribution is -2.35. The summed E-state index contributed by atoms with van der Waals surface area (Å²) in [6, 6.07) is 4.33. The van der Waals surface area contributed by atoms with E-state index in [-0.39, 0.29) is 17.4 Å². The second-order valence-corrected chi connectivity index (χ2v) is 5.34. The summed E-state index contributed by atoms with van der Waals surface area (Å²) in [4.78, 5) is 25.4. The van der Waals surface area contributed by atoms with Crippen LogP contribution in [0.15, 0.2) is 30.0 Å². The van der Waals surface area contributed by atoms with Gasteiger partial charge in [-0.15, -0.1) is 0 Å². The molecule has 0 spiro atoms. The Kier molecular flexibility index (Phi) is 5.92. The van der Waals surface area contributed by atoms with Gasteiger partial charge >= 0.3 is 11.9 Å². The largest absolute Gasteiger partial charge is 0.466 e. The highest BCUT2D eigenvalue weighted by Crippen LogP contribution is 2.38. The summed E-state index contributed by atoms with van der Waals surface area (Å²) in [6.45, 7) is 0.906. The van der Waals surface area contributed by atoms with E-state index in [1.54, 1.807) is 18.1 Å². The van der Waals surface area contributed by atoms with Crippen LogP contribution in [0.2, 0.25) is 0 Å². The minimum atomic E-state index is -0.668. The Hall–Kier alpha value is -2.41. The average molecular weight is 337 g/mol. The number of carbonyl (C=O) groups excluding carboxylic acids is 2. The van der Waals surface area contributed by atoms with E-state index in [2.05, 4.69) is 4.74 Å². The molecule has 1 aliphatic rings. The number of hydrogen-bond donors (Lipinski definition) is 0. The summed E-state index contributed by atoms with van der Waals surface area (Å²) in [5.74, 6) is -1.69. The predicted molar refractivity (Wildman–Crippen MR) is 85.1 cm³/mol. The second kappa shape index (κ2) is 7.92. The van der Waals surface area contributed by atoms with Crippen molar-refractivity contribution in [2.45, 2.75) is 12.3 Å². The van der Waals surface area contributed by atoms with E-state index in [4.69, 9.17) is 9.47 Å². The van der Waals surface area contributed by atoms with Crippen LogP contribution in [-0.4, -0.2) is 46.4 Å². The number of ether oxygens (including phenoxy) is 3. The molecule has 1 unspecified atom stereocenters. The molecular weight excluding hydrogens is 317 g/mol. The SMILES string of the molecule is COCC1CCN(/C(=C/C(=O)OC)C(=O)OC)c2ccc(F)cc21. The lowest BCUT2D eigenvalue weighted by Gasteiger charge is -2.35. The second-order valence-electron chi connectivity index (χ2n) is 5.34. The molecule has 0 amide bonds. The van der Waals surface area contributed by atoms with Crippen molar-refractivity contribution in [3.8, 4) is 0 Å². The lowest BCUT2D eigenvalue weighted by molar-refractivity contribution is -0.138. The number of halogens is 1. The van der Waals surface area contributed by atoms with Crippen molar-refractivity contribution < 1.29 is 28.2 Å². The van der Waals surface area contributed by atoms with Gasteiger partial charge in [-0.3, -0.25) is 0 Å². The van der Waals surface area contributed by atoms with Crippen molar-refractivity contribution in [3.63, 3.8) is 0 Å². The van der Waals surface area contributed by atoms with Crippen molar-refractivity contribution >= 4 is 17.6 Å². The van der Waals surface area contributed by atoms with Crippen LogP contribution in [0.5, 0.6) is 0 Å². The zero-order chi connectivity index (χ0) is 17.7. The minimum Gasteiger partial charge on any atom is -0.466 e. The standard InChI is InChI=1S/C17H20FNO5/c1-22-10-11-6-7-19(14-5-4-12(18)8-13(11)14)15(17(21)24-3)9-16(20)23-2/h4-5,8-9,11H,6-7,10H2,1-3H3/b15-9+. The molecule has 0 N–H and O–H groups in total. The van der Waals surface area contributed by atoms with Gasteiger partial charge in [-0.2, -0.15) is 0 Å². The summed E-state index contributed by atoms with van der Waals surface area (Å²) in [7, 11) is 4.04. The first-order chi connectivity index (χ1) is 11.5. The van der Waals surface area contributed by atoms with Crippen molar-refractivity contribution in [2.24, 2.45) is 0 Å². The number of hydrogen-bond acceptors (Lipinski definition) is 6. The van der Waals surface area contributed by atoms with Crippen LogP contribution >= 0.6 is 0 Å². The lowest BCUT2D eigenvalue weighted by atomic mass is 9.90. The maximum Gasteiger partial charge on any atom is 0.354 e. The number of fused-ring (bicyclic) bond motifs is 1. The molecule has 0 bridgehead atoms. The maximum atomic E-state index is 13.7. The summed E-state index contributed by atoms with van der Waals surface area (Å²) in [5.41, 5.74) is 1.42. The van der Waals surface area contributed by atoms with Gasteiger partial charge in [0.1, 0.15) is 11.5 Å². The summed E-state index contributed by atoms with van der Waals surface area (Å²) < 4.78 is 28.3. The molecule has 1 aromatic carbocycles.